The van der Waals surface area contributed by atoms with Crippen LogP contribution in [0.3, 0.4) is 0 Å². The van der Waals surface area contributed by atoms with Crippen LogP contribution in [0.15, 0.2) is 34.5 Å². The average Bonchev–Trinajstić information content (AvgIpc) is 2.53. The summed E-state index contributed by atoms with van der Waals surface area (Å²) in [6.07, 6.45) is 1.48. The van der Waals surface area contributed by atoms with E-state index >= 15 is 0 Å². The summed E-state index contributed by atoms with van der Waals surface area (Å²) >= 11 is 0. The molecule has 0 aromatic heterocycles. The number of nitrogens with zero attached hydrogens (tertiary/aromatic N) is 1. The zero-order valence-corrected chi connectivity index (χ0v) is 13.4. The van der Waals surface area contributed by atoms with Crippen molar-refractivity contribution < 1.29 is 23.1 Å². The Hall–Kier alpha value is -2.37. The minimum Gasteiger partial charge on any atom is -0.468 e. The van der Waals surface area contributed by atoms with Crippen molar-refractivity contribution in [3.8, 4) is 0 Å². The second kappa shape index (κ2) is 6.26. The molecule has 1 aliphatic carbocycles. The minimum absolute atomic E-state index is 0.214. The molecule has 1 aromatic rings. The Balaban J connectivity index is 2.27. The maximum absolute atomic E-state index is 14.4. The van der Waals surface area contributed by atoms with Gasteiger partial charge in [-0.2, -0.15) is 0 Å². The number of esters is 1. The molecule has 1 heterocycles. The van der Waals surface area contributed by atoms with Gasteiger partial charge in [0.1, 0.15) is 17.6 Å². The third kappa shape index (κ3) is 2.56. The first-order valence-electron chi connectivity index (χ1n) is 7.78. The van der Waals surface area contributed by atoms with Crippen LogP contribution in [0.5, 0.6) is 0 Å². The number of aliphatic imine (C=N–C) groups is 1. The van der Waals surface area contributed by atoms with Crippen molar-refractivity contribution in [1.82, 2.24) is 0 Å². The summed E-state index contributed by atoms with van der Waals surface area (Å²) in [5, 5.41) is 0. The van der Waals surface area contributed by atoms with Gasteiger partial charge in [0.25, 0.3) is 0 Å². The maximum Gasteiger partial charge on any atom is 0.315 e. The van der Waals surface area contributed by atoms with Crippen molar-refractivity contribution in [1.29, 1.82) is 0 Å². The molecule has 0 radical (unpaired) electrons. The Labute approximate surface area is 138 Å². The second-order valence-corrected chi connectivity index (χ2v) is 6.00. The molecular formula is C18H17F2NO3. The summed E-state index contributed by atoms with van der Waals surface area (Å²) in [5.74, 6) is -4.49. The highest BCUT2D eigenvalue weighted by Crippen LogP contribution is 2.44. The van der Waals surface area contributed by atoms with Gasteiger partial charge in [-0.3, -0.25) is 14.6 Å². The fourth-order valence-corrected chi connectivity index (χ4v) is 3.56. The molecule has 126 valence electrons. The Bertz CT molecular complexity index is 762. The lowest BCUT2D eigenvalue weighted by Crippen LogP contribution is -2.37. The smallest absolute Gasteiger partial charge is 0.315 e. The van der Waals surface area contributed by atoms with Gasteiger partial charge in [-0.05, 0) is 31.9 Å². The van der Waals surface area contributed by atoms with Crippen LogP contribution in [0, 0.1) is 17.6 Å². The van der Waals surface area contributed by atoms with Crippen LogP contribution in [-0.4, -0.2) is 24.6 Å². The molecular weight excluding hydrogens is 316 g/mol. The van der Waals surface area contributed by atoms with Gasteiger partial charge in [-0.15, -0.1) is 0 Å². The summed E-state index contributed by atoms with van der Waals surface area (Å²) in [5.41, 5.74) is 0.899. The lowest BCUT2D eigenvalue weighted by molar-refractivity contribution is -0.143. The zero-order valence-electron chi connectivity index (χ0n) is 13.4. The topological polar surface area (TPSA) is 55.7 Å². The van der Waals surface area contributed by atoms with Gasteiger partial charge in [0, 0.05) is 34.9 Å². The Kier molecular flexibility index (Phi) is 4.30. The Morgan fingerprint density at radius 2 is 1.92 bits per heavy atom. The van der Waals surface area contributed by atoms with Gasteiger partial charge >= 0.3 is 5.97 Å². The molecule has 2 atom stereocenters. The molecule has 0 bridgehead atoms. The largest absolute Gasteiger partial charge is 0.468 e. The molecule has 0 saturated carbocycles. The summed E-state index contributed by atoms with van der Waals surface area (Å²) < 4.78 is 33.7. The van der Waals surface area contributed by atoms with Crippen LogP contribution in [0.2, 0.25) is 0 Å². The number of carbonyl (C=O) groups is 2. The first-order chi connectivity index (χ1) is 11.5. The Morgan fingerprint density at radius 3 is 2.54 bits per heavy atom. The number of allylic oxidation sites excluding steroid dienone is 2. The van der Waals surface area contributed by atoms with E-state index in [1.54, 1.807) is 6.92 Å². The molecule has 3 rings (SSSR count). The number of halogens is 2. The van der Waals surface area contributed by atoms with Crippen molar-refractivity contribution >= 4 is 17.5 Å². The van der Waals surface area contributed by atoms with E-state index in [4.69, 9.17) is 4.74 Å². The highest BCUT2D eigenvalue weighted by Gasteiger charge is 2.44. The van der Waals surface area contributed by atoms with Crippen molar-refractivity contribution in [2.45, 2.75) is 32.1 Å². The molecule has 0 amide bonds. The second-order valence-electron chi connectivity index (χ2n) is 6.00. The van der Waals surface area contributed by atoms with E-state index in [0.717, 1.165) is 12.1 Å². The number of benzene rings is 1. The zero-order chi connectivity index (χ0) is 17.4. The number of hydrogen-bond donors (Lipinski definition) is 0. The van der Waals surface area contributed by atoms with Crippen molar-refractivity contribution in [2.24, 2.45) is 10.9 Å². The van der Waals surface area contributed by atoms with Crippen LogP contribution in [0.1, 0.15) is 37.7 Å². The van der Waals surface area contributed by atoms with E-state index in [9.17, 15) is 18.4 Å². The summed E-state index contributed by atoms with van der Waals surface area (Å²) in [7, 11) is 1.21. The normalized spacial score (nSPS) is 23.7. The summed E-state index contributed by atoms with van der Waals surface area (Å²) in [6, 6.07) is 3.51. The molecule has 1 aliphatic heterocycles. The van der Waals surface area contributed by atoms with Crippen molar-refractivity contribution in [2.75, 3.05) is 7.11 Å². The monoisotopic (exact) mass is 333 g/mol. The quantitative estimate of drug-likeness (QED) is 0.780. The fraction of sp³-hybridized carbons (Fsp3) is 0.389. The molecule has 0 spiro atoms. The van der Waals surface area contributed by atoms with Crippen molar-refractivity contribution in [3.63, 3.8) is 0 Å². The third-order valence-electron chi connectivity index (χ3n) is 4.60. The molecule has 6 heteroatoms. The van der Waals surface area contributed by atoms with E-state index in [2.05, 4.69) is 4.99 Å². The summed E-state index contributed by atoms with van der Waals surface area (Å²) in [6.45, 7) is 1.62. The molecule has 1 aromatic carbocycles. The number of Topliss-reactive ketones (excluding diaryl/α,β-unsaturated/α-hetero) is 1. The molecule has 0 N–H and O–H groups in total. The number of rotatable bonds is 2. The number of methoxy groups -OCH3 is 1. The van der Waals surface area contributed by atoms with Crippen LogP contribution in [0.4, 0.5) is 8.78 Å². The first kappa shape index (κ1) is 16.5. The maximum atomic E-state index is 14.4. The van der Waals surface area contributed by atoms with Crippen LogP contribution < -0.4 is 0 Å². The van der Waals surface area contributed by atoms with Crippen molar-refractivity contribution in [3.05, 3.63) is 46.7 Å². The highest BCUT2D eigenvalue weighted by molar-refractivity contribution is 6.08. The van der Waals surface area contributed by atoms with Gasteiger partial charge in [0.2, 0.25) is 0 Å². The highest BCUT2D eigenvalue weighted by atomic mass is 19.1. The fourth-order valence-electron chi connectivity index (χ4n) is 3.56. The minimum atomic E-state index is -1.04. The number of ketones is 1. The number of ether oxygens (including phenoxy) is 1. The van der Waals surface area contributed by atoms with Gasteiger partial charge in [-0.25, -0.2) is 8.78 Å². The van der Waals surface area contributed by atoms with Crippen LogP contribution in [-0.2, 0) is 14.3 Å². The van der Waals surface area contributed by atoms with Gasteiger partial charge in [0.05, 0.1) is 7.11 Å². The lowest BCUT2D eigenvalue weighted by atomic mass is 9.71. The van der Waals surface area contributed by atoms with Crippen LogP contribution >= 0.6 is 0 Å². The van der Waals surface area contributed by atoms with E-state index in [1.165, 1.54) is 13.2 Å². The SMILES string of the molecule is COC(=O)C1C(C)=NC2=C(C(=O)CCC2)[C@@H]1c1c(F)cccc1F. The molecule has 0 saturated heterocycles. The van der Waals surface area contributed by atoms with E-state index in [1.807, 2.05) is 0 Å². The molecule has 2 aliphatic rings. The Morgan fingerprint density at radius 1 is 1.25 bits per heavy atom. The number of carbonyl (C=O) groups excluding carboxylic acids is 2. The molecule has 24 heavy (non-hydrogen) atoms. The van der Waals surface area contributed by atoms with E-state index < -0.39 is 29.4 Å². The standard InChI is InChI=1S/C18H17F2NO3/c1-9-14(18(23)24-2)17(15-10(19)5-3-6-11(15)20)16-12(21-9)7-4-8-13(16)22/h3,5-6,14,17H,4,7-8H2,1-2H3/t14?,17-/m0/s1. The average molecular weight is 333 g/mol. The van der Waals surface area contributed by atoms with E-state index in [-0.39, 0.29) is 23.3 Å². The number of hydrogen-bond acceptors (Lipinski definition) is 4. The summed E-state index contributed by atoms with van der Waals surface area (Å²) in [4.78, 5) is 29.1. The van der Waals surface area contributed by atoms with Crippen LogP contribution in [0.25, 0.3) is 0 Å². The first-order valence-corrected chi connectivity index (χ1v) is 7.78. The molecule has 4 nitrogen and oxygen atoms in total. The van der Waals surface area contributed by atoms with E-state index in [0.29, 0.717) is 24.3 Å². The third-order valence-corrected chi connectivity index (χ3v) is 4.60. The van der Waals surface area contributed by atoms with Gasteiger partial charge in [0.15, 0.2) is 5.78 Å². The lowest BCUT2D eigenvalue weighted by Gasteiger charge is -2.34. The predicted molar refractivity (Wildman–Crippen MR) is 83.6 cm³/mol. The van der Waals surface area contributed by atoms with Gasteiger partial charge < -0.3 is 4.74 Å². The predicted octanol–water partition coefficient (Wildman–Crippen LogP) is 3.32. The molecule has 0 fully saturated rings. The van der Waals surface area contributed by atoms with Gasteiger partial charge in [-0.1, -0.05) is 6.07 Å². The molecule has 1 unspecified atom stereocenters.